The Morgan fingerprint density at radius 1 is 1.24 bits per heavy atom. The van der Waals surface area contributed by atoms with Crippen LogP contribution >= 0.6 is 0 Å². The summed E-state index contributed by atoms with van der Waals surface area (Å²) in [5.74, 6) is 1.33. The van der Waals surface area contributed by atoms with Gasteiger partial charge in [0.1, 0.15) is 5.82 Å². The summed E-state index contributed by atoms with van der Waals surface area (Å²) in [6.45, 7) is 4.39. The highest BCUT2D eigenvalue weighted by Crippen LogP contribution is 2.25. The van der Waals surface area contributed by atoms with E-state index in [1.807, 2.05) is 29.4 Å². The van der Waals surface area contributed by atoms with Gasteiger partial charge in [-0.1, -0.05) is 0 Å². The number of aromatic nitrogens is 3. The molecule has 1 fully saturated rings. The summed E-state index contributed by atoms with van der Waals surface area (Å²) in [5, 5.41) is 8.94. The number of likely N-dealkylation sites (tertiary alicyclic amines) is 1. The molecular weight excluding hydrogens is 362 g/mol. The van der Waals surface area contributed by atoms with E-state index in [-0.39, 0.29) is 5.91 Å². The summed E-state index contributed by atoms with van der Waals surface area (Å²) in [7, 11) is 0. The number of imidazole rings is 1. The topological polar surface area (TPSA) is 74.8 Å². The van der Waals surface area contributed by atoms with Gasteiger partial charge in [0, 0.05) is 55.0 Å². The van der Waals surface area contributed by atoms with Crippen molar-refractivity contribution in [2.45, 2.75) is 26.3 Å². The molecule has 4 rings (SSSR count). The number of benzene rings is 1. The predicted octanol–water partition coefficient (Wildman–Crippen LogP) is 3.68. The highest BCUT2D eigenvalue weighted by atomic mass is 16.2. The third-order valence-corrected chi connectivity index (χ3v) is 5.48. The van der Waals surface area contributed by atoms with Crippen molar-refractivity contribution in [2.75, 3.05) is 13.1 Å². The highest BCUT2D eigenvalue weighted by Gasteiger charge is 2.26. The molecule has 1 atom stereocenters. The molecule has 3 heterocycles. The molecule has 1 saturated heterocycles. The van der Waals surface area contributed by atoms with Crippen molar-refractivity contribution in [3.05, 3.63) is 71.8 Å². The molecule has 0 N–H and O–H groups in total. The van der Waals surface area contributed by atoms with Crippen LogP contribution in [0.2, 0.25) is 0 Å². The molecule has 3 aromatic rings. The zero-order chi connectivity index (χ0) is 20.2. The van der Waals surface area contributed by atoms with Crippen molar-refractivity contribution in [3.63, 3.8) is 0 Å². The lowest BCUT2D eigenvalue weighted by Gasteiger charge is -2.33. The molecule has 0 bridgehead atoms. The minimum absolute atomic E-state index is 0.0361. The van der Waals surface area contributed by atoms with E-state index in [0.29, 0.717) is 17.0 Å². The summed E-state index contributed by atoms with van der Waals surface area (Å²) in [6.07, 6.45) is 7.56. The number of pyridine rings is 1. The Hall–Kier alpha value is -3.46. The first kappa shape index (κ1) is 18.9. The second-order valence-electron chi connectivity index (χ2n) is 7.52. The maximum Gasteiger partial charge on any atom is 0.253 e. The van der Waals surface area contributed by atoms with Crippen molar-refractivity contribution in [2.24, 2.45) is 5.92 Å². The normalized spacial score (nSPS) is 16.4. The molecule has 6 nitrogen and oxygen atoms in total. The number of piperidine rings is 1. The van der Waals surface area contributed by atoms with Crippen LogP contribution in [0.5, 0.6) is 0 Å². The number of hydrogen-bond acceptors (Lipinski definition) is 4. The molecule has 0 radical (unpaired) electrons. The molecule has 1 amide bonds. The van der Waals surface area contributed by atoms with Crippen molar-refractivity contribution in [1.29, 1.82) is 5.26 Å². The van der Waals surface area contributed by atoms with Crippen LogP contribution in [-0.2, 0) is 6.54 Å². The van der Waals surface area contributed by atoms with Crippen molar-refractivity contribution < 1.29 is 4.79 Å². The number of rotatable bonds is 4. The zero-order valence-corrected chi connectivity index (χ0v) is 16.5. The first-order valence-corrected chi connectivity index (χ1v) is 9.87. The molecule has 1 aromatic carbocycles. The van der Waals surface area contributed by atoms with Gasteiger partial charge >= 0.3 is 0 Å². The number of carbonyl (C=O) groups excluding carboxylic acids is 1. The molecule has 1 aliphatic heterocycles. The molecule has 0 aliphatic carbocycles. The van der Waals surface area contributed by atoms with Gasteiger partial charge in [-0.25, -0.2) is 4.98 Å². The standard InChI is InChI=1S/C23H23N5O/c1-17-13-26-22(21-5-2-10-25-14-21)28(17)16-19-4-3-11-27(15-19)23(29)20-8-6-18(12-24)7-9-20/h2,5-10,13-14,19H,3-4,11,15-16H2,1H3. The fourth-order valence-electron chi connectivity index (χ4n) is 3.94. The summed E-state index contributed by atoms with van der Waals surface area (Å²) in [6, 6.07) is 12.9. The van der Waals surface area contributed by atoms with E-state index in [2.05, 4.69) is 27.5 Å². The summed E-state index contributed by atoms with van der Waals surface area (Å²) in [5.41, 5.74) is 3.32. The number of carbonyl (C=O) groups is 1. The molecule has 1 unspecified atom stereocenters. The van der Waals surface area contributed by atoms with E-state index in [9.17, 15) is 4.79 Å². The van der Waals surface area contributed by atoms with Gasteiger partial charge in [-0.05, 0) is 62.1 Å². The summed E-state index contributed by atoms with van der Waals surface area (Å²) >= 11 is 0. The second-order valence-corrected chi connectivity index (χ2v) is 7.52. The molecule has 2 aromatic heterocycles. The van der Waals surface area contributed by atoms with Crippen molar-refractivity contribution >= 4 is 5.91 Å². The lowest BCUT2D eigenvalue weighted by molar-refractivity contribution is 0.0662. The van der Waals surface area contributed by atoms with Crippen LogP contribution in [0.3, 0.4) is 0 Å². The number of nitriles is 1. The van der Waals surface area contributed by atoms with Crippen LogP contribution in [0.25, 0.3) is 11.4 Å². The third-order valence-electron chi connectivity index (χ3n) is 5.48. The van der Waals surface area contributed by atoms with Gasteiger partial charge in [0.15, 0.2) is 0 Å². The van der Waals surface area contributed by atoms with Crippen molar-refractivity contribution in [1.82, 2.24) is 19.4 Å². The Kier molecular flexibility index (Phi) is 5.39. The van der Waals surface area contributed by atoms with E-state index >= 15 is 0 Å². The number of hydrogen-bond donors (Lipinski definition) is 0. The van der Waals surface area contributed by atoms with Crippen LogP contribution in [0.4, 0.5) is 0 Å². The van der Waals surface area contributed by atoms with E-state index in [4.69, 9.17) is 5.26 Å². The highest BCUT2D eigenvalue weighted by molar-refractivity contribution is 5.94. The molecule has 1 aliphatic rings. The first-order chi connectivity index (χ1) is 14.2. The molecular formula is C23H23N5O. The van der Waals surface area contributed by atoms with E-state index in [0.717, 1.165) is 49.6 Å². The summed E-state index contributed by atoms with van der Waals surface area (Å²) < 4.78 is 2.23. The predicted molar refractivity (Wildman–Crippen MR) is 110 cm³/mol. The Morgan fingerprint density at radius 2 is 2.07 bits per heavy atom. The smallest absolute Gasteiger partial charge is 0.253 e. The van der Waals surface area contributed by atoms with Gasteiger partial charge in [-0.15, -0.1) is 0 Å². The van der Waals surface area contributed by atoms with E-state index in [1.54, 1.807) is 30.5 Å². The van der Waals surface area contributed by atoms with Gasteiger partial charge in [-0.3, -0.25) is 9.78 Å². The first-order valence-electron chi connectivity index (χ1n) is 9.87. The van der Waals surface area contributed by atoms with Gasteiger partial charge in [0.25, 0.3) is 5.91 Å². The van der Waals surface area contributed by atoms with Gasteiger partial charge in [-0.2, -0.15) is 5.26 Å². The van der Waals surface area contributed by atoms with Crippen LogP contribution in [-0.4, -0.2) is 38.4 Å². The van der Waals surface area contributed by atoms with Gasteiger partial charge in [0.05, 0.1) is 11.6 Å². The largest absolute Gasteiger partial charge is 0.338 e. The Morgan fingerprint density at radius 3 is 2.79 bits per heavy atom. The van der Waals surface area contributed by atoms with E-state index in [1.165, 1.54) is 0 Å². The van der Waals surface area contributed by atoms with E-state index < -0.39 is 0 Å². The Balaban J connectivity index is 1.49. The number of nitrogens with zero attached hydrogens (tertiary/aromatic N) is 5. The average molecular weight is 385 g/mol. The lowest BCUT2D eigenvalue weighted by atomic mass is 9.96. The lowest BCUT2D eigenvalue weighted by Crippen LogP contribution is -2.41. The SMILES string of the molecule is Cc1cnc(-c2cccnc2)n1CC1CCCN(C(=O)c2ccc(C#N)cc2)C1. The molecule has 146 valence electrons. The van der Waals surface area contributed by atoms with Gasteiger partial charge < -0.3 is 9.47 Å². The minimum atomic E-state index is 0.0361. The summed E-state index contributed by atoms with van der Waals surface area (Å²) in [4.78, 5) is 23.7. The zero-order valence-electron chi connectivity index (χ0n) is 16.5. The van der Waals surface area contributed by atoms with Crippen LogP contribution in [0, 0.1) is 24.2 Å². The van der Waals surface area contributed by atoms with Crippen LogP contribution in [0.1, 0.15) is 34.5 Å². The Labute approximate surface area is 170 Å². The fourth-order valence-corrected chi connectivity index (χ4v) is 3.94. The molecule has 6 heteroatoms. The molecule has 29 heavy (non-hydrogen) atoms. The van der Waals surface area contributed by atoms with Crippen molar-refractivity contribution in [3.8, 4) is 17.5 Å². The molecule has 0 spiro atoms. The fraction of sp³-hybridized carbons (Fsp3) is 0.304. The monoisotopic (exact) mass is 385 g/mol. The number of amides is 1. The maximum absolute atomic E-state index is 12.9. The van der Waals surface area contributed by atoms with Crippen LogP contribution < -0.4 is 0 Å². The third kappa shape index (κ3) is 4.04. The molecule has 0 saturated carbocycles. The van der Waals surface area contributed by atoms with Crippen LogP contribution in [0.15, 0.2) is 55.0 Å². The average Bonchev–Trinajstić information content (AvgIpc) is 3.14. The number of aryl methyl sites for hydroxylation is 1. The Bertz CT molecular complexity index is 1030. The van der Waals surface area contributed by atoms with Gasteiger partial charge in [0.2, 0.25) is 0 Å². The maximum atomic E-state index is 12.9. The minimum Gasteiger partial charge on any atom is -0.338 e. The quantitative estimate of drug-likeness (QED) is 0.687. The second kappa shape index (κ2) is 8.27.